The third-order valence-corrected chi connectivity index (χ3v) is 6.02. The van der Waals surface area contributed by atoms with Crippen LogP contribution < -0.4 is 0 Å². The van der Waals surface area contributed by atoms with Crippen molar-refractivity contribution in [2.24, 2.45) is 0 Å². The fraction of sp³-hybridized carbons (Fsp3) is 0.312. The van der Waals surface area contributed by atoms with E-state index in [-0.39, 0.29) is 4.90 Å². The second kappa shape index (κ2) is 6.97. The fourth-order valence-corrected chi connectivity index (χ4v) is 4.38. The number of halogens is 1. The van der Waals surface area contributed by atoms with Crippen molar-refractivity contribution >= 4 is 21.6 Å². The maximum atomic E-state index is 12.6. The van der Waals surface area contributed by atoms with Crippen molar-refractivity contribution < 1.29 is 8.42 Å². The van der Waals surface area contributed by atoms with E-state index in [2.05, 4.69) is 9.88 Å². The van der Waals surface area contributed by atoms with E-state index in [0.717, 1.165) is 12.1 Å². The summed E-state index contributed by atoms with van der Waals surface area (Å²) in [5, 5.41) is 0.432. The molecule has 0 atom stereocenters. The lowest BCUT2D eigenvalue weighted by atomic mass is 10.2. The van der Waals surface area contributed by atoms with Gasteiger partial charge in [0.15, 0.2) is 0 Å². The summed E-state index contributed by atoms with van der Waals surface area (Å²) < 4.78 is 26.8. The fourth-order valence-electron chi connectivity index (χ4n) is 2.65. The molecule has 0 radical (unpaired) electrons. The van der Waals surface area contributed by atoms with Gasteiger partial charge in [-0.05, 0) is 29.8 Å². The van der Waals surface area contributed by atoms with Gasteiger partial charge < -0.3 is 0 Å². The van der Waals surface area contributed by atoms with E-state index in [1.165, 1.54) is 10.4 Å². The Morgan fingerprint density at radius 3 is 2.52 bits per heavy atom. The smallest absolute Gasteiger partial charge is 0.243 e. The number of piperazine rings is 1. The van der Waals surface area contributed by atoms with E-state index >= 15 is 0 Å². The lowest BCUT2D eigenvalue weighted by Crippen LogP contribution is -2.48. The first kappa shape index (κ1) is 16.4. The normalized spacial score (nSPS) is 17.3. The molecule has 3 rings (SSSR count). The molecule has 1 saturated heterocycles. The minimum absolute atomic E-state index is 0.255. The van der Waals surface area contributed by atoms with Crippen LogP contribution in [-0.4, -0.2) is 48.8 Å². The maximum Gasteiger partial charge on any atom is 0.243 e. The Balaban J connectivity index is 1.64. The number of rotatable bonds is 4. The van der Waals surface area contributed by atoms with Gasteiger partial charge in [-0.25, -0.2) is 8.42 Å². The molecule has 0 saturated carbocycles. The molecular weight excluding hydrogens is 334 g/mol. The highest BCUT2D eigenvalue weighted by Crippen LogP contribution is 2.21. The topological polar surface area (TPSA) is 53.5 Å². The number of sulfonamides is 1. The Labute approximate surface area is 141 Å². The summed E-state index contributed by atoms with van der Waals surface area (Å²) in [6.07, 6.45) is 3.59. The summed E-state index contributed by atoms with van der Waals surface area (Å²) in [7, 11) is -3.47. The standard InChI is InChI=1S/C16H18ClN3O2S/c17-15-4-1-5-16(11-15)23(21,22)20-9-7-19(8-10-20)13-14-3-2-6-18-12-14/h1-6,11-12H,7-10,13H2. The molecule has 0 unspecified atom stereocenters. The molecule has 2 heterocycles. The molecule has 1 fully saturated rings. The van der Waals surface area contributed by atoms with Gasteiger partial charge in [-0.15, -0.1) is 0 Å². The number of benzene rings is 1. The molecule has 0 amide bonds. The van der Waals surface area contributed by atoms with Crippen molar-refractivity contribution in [3.63, 3.8) is 0 Å². The summed E-state index contributed by atoms with van der Waals surface area (Å²) in [5.74, 6) is 0. The van der Waals surface area contributed by atoms with Crippen LogP contribution in [0.3, 0.4) is 0 Å². The first-order valence-electron chi connectivity index (χ1n) is 7.43. The van der Waals surface area contributed by atoms with E-state index in [4.69, 9.17) is 11.6 Å². The van der Waals surface area contributed by atoms with Gasteiger partial charge in [0.1, 0.15) is 0 Å². The van der Waals surface area contributed by atoms with Gasteiger partial charge in [-0.3, -0.25) is 9.88 Å². The third-order valence-electron chi connectivity index (χ3n) is 3.89. The molecular formula is C16H18ClN3O2S. The van der Waals surface area contributed by atoms with Gasteiger partial charge in [-0.1, -0.05) is 23.7 Å². The first-order valence-corrected chi connectivity index (χ1v) is 9.24. The summed E-state index contributed by atoms with van der Waals surface area (Å²) in [5.41, 5.74) is 1.14. The predicted octanol–water partition coefficient (Wildman–Crippen LogP) is 2.24. The lowest BCUT2D eigenvalue weighted by Gasteiger charge is -2.33. The number of hydrogen-bond acceptors (Lipinski definition) is 4. The van der Waals surface area contributed by atoms with Crippen LogP contribution in [0, 0.1) is 0 Å². The summed E-state index contributed by atoms with van der Waals surface area (Å²) >= 11 is 5.91. The molecule has 1 aromatic carbocycles. The van der Waals surface area contributed by atoms with Gasteiger partial charge >= 0.3 is 0 Å². The van der Waals surface area contributed by atoms with E-state index in [1.54, 1.807) is 24.4 Å². The average molecular weight is 352 g/mol. The quantitative estimate of drug-likeness (QED) is 0.847. The number of aromatic nitrogens is 1. The van der Waals surface area contributed by atoms with Crippen molar-refractivity contribution in [3.05, 3.63) is 59.4 Å². The highest BCUT2D eigenvalue weighted by atomic mass is 35.5. The molecule has 1 aliphatic heterocycles. The van der Waals surface area contributed by atoms with E-state index < -0.39 is 10.0 Å². The van der Waals surface area contributed by atoms with E-state index in [0.29, 0.717) is 31.2 Å². The van der Waals surface area contributed by atoms with Gasteiger partial charge in [0, 0.05) is 50.1 Å². The van der Waals surface area contributed by atoms with Crippen molar-refractivity contribution in [2.75, 3.05) is 26.2 Å². The van der Waals surface area contributed by atoms with Gasteiger partial charge in [0.2, 0.25) is 10.0 Å². The maximum absolute atomic E-state index is 12.6. The average Bonchev–Trinajstić information content (AvgIpc) is 2.56. The summed E-state index contributed by atoms with van der Waals surface area (Å²) in [6.45, 7) is 3.16. The molecule has 0 N–H and O–H groups in total. The van der Waals surface area contributed by atoms with Crippen molar-refractivity contribution in [1.82, 2.24) is 14.2 Å². The first-order chi connectivity index (χ1) is 11.1. The second-order valence-corrected chi connectivity index (χ2v) is 7.87. The Bertz CT molecular complexity index is 760. The van der Waals surface area contributed by atoms with E-state index in [9.17, 15) is 8.42 Å². The minimum atomic E-state index is -3.47. The van der Waals surface area contributed by atoms with Crippen LogP contribution in [-0.2, 0) is 16.6 Å². The number of pyridine rings is 1. The summed E-state index contributed by atoms with van der Waals surface area (Å²) in [4.78, 5) is 6.60. The highest BCUT2D eigenvalue weighted by Gasteiger charge is 2.28. The van der Waals surface area contributed by atoms with E-state index in [1.807, 2.05) is 18.3 Å². The van der Waals surface area contributed by atoms with Crippen LogP contribution in [0.4, 0.5) is 0 Å². The molecule has 2 aromatic rings. The number of nitrogens with zero attached hydrogens (tertiary/aromatic N) is 3. The molecule has 1 aromatic heterocycles. The Hall–Kier alpha value is -1.47. The summed E-state index contributed by atoms with van der Waals surface area (Å²) in [6, 6.07) is 10.4. The largest absolute Gasteiger partial charge is 0.296 e. The zero-order valence-electron chi connectivity index (χ0n) is 12.6. The van der Waals surface area contributed by atoms with Crippen molar-refractivity contribution in [2.45, 2.75) is 11.4 Å². The molecule has 23 heavy (non-hydrogen) atoms. The van der Waals surface area contributed by atoms with Crippen LogP contribution in [0.5, 0.6) is 0 Å². The van der Waals surface area contributed by atoms with Crippen LogP contribution in [0.15, 0.2) is 53.7 Å². The molecule has 122 valence electrons. The Morgan fingerprint density at radius 2 is 1.87 bits per heavy atom. The predicted molar refractivity (Wildman–Crippen MR) is 89.7 cm³/mol. The molecule has 0 aliphatic carbocycles. The molecule has 0 bridgehead atoms. The SMILES string of the molecule is O=S(=O)(c1cccc(Cl)c1)N1CCN(Cc2cccnc2)CC1. The monoisotopic (exact) mass is 351 g/mol. The number of hydrogen-bond donors (Lipinski definition) is 0. The van der Waals surface area contributed by atoms with Gasteiger partial charge in [-0.2, -0.15) is 4.31 Å². The Kier molecular flexibility index (Phi) is 4.96. The van der Waals surface area contributed by atoms with Crippen LogP contribution in [0.1, 0.15) is 5.56 Å². The van der Waals surface area contributed by atoms with Crippen LogP contribution in [0.2, 0.25) is 5.02 Å². The van der Waals surface area contributed by atoms with Crippen molar-refractivity contribution in [1.29, 1.82) is 0 Å². The van der Waals surface area contributed by atoms with Crippen molar-refractivity contribution in [3.8, 4) is 0 Å². The van der Waals surface area contributed by atoms with Gasteiger partial charge in [0.05, 0.1) is 4.90 Å². The zero-order valence-corrected chi connectivity index (χ0v) is 14.2. The zero-order chi connectivity index (χ0) is 16.3. The minimum Gasteiger partial charge on any atom is -0.296 e. The highest BCUT2D eigenvalue weighted by molar-refractivity contribution is 7.89. The molecule has 1 aliphatic rings. The molecule has 5 nitrogen and oxygen atoms in total. The molecule has 0 spiro atoms. The lowest BCUT2D eigenvalue weighted by molar-refractivity contribution is 0.181. The third kappa shape index (κ3) is 3.90. The molecule has 7 heteroatoms. The van der Waals surface area contributed by atoms with Crippen LogP contribution in [0.25, 0.3) is 0 Å². The van der Waals surface area contributed by atoms with Crippen LogP contribution >= 0.6 is 11.6 Å². The van der Waals surface area contributed by atoms with Gasteiger partial charge in [0.25, 0.3) is 0 Å². The second-order valence-electron chi connectivity index (χ2n) is 5.50. The Morgan fingerprint density at radius 1 is 1.09 bits per heavy atom.